The third kappa shape index (κ3) is 3.83. The van der Waals surface area contributed by atoms with Gasteiger partial charge in [0.25, 0.3) is 0 Å². The normalized spacial score (nSPS) is 11.3. The van der Waals surface area contributed by atoms with Crippen molar-refractivity contribution in [2.75, 3.05) is 0 Å². The minimum Gasteiger partial charge on any atom is -0.347 e. The fourth-order valence-electron chi connectivity index (χ4n) is 1.96. The Bertz CT molecular complexity index is 441. The number of hydrogen-bond acceptors (Lipinski definition) is 2. The lowest BCUT2D eigenvalue weighted by Crippen LogP contribution is -2.07. The average molecular weight is 249 g/mol. The first-order valence-corrected chi connectivity index (χ1v) is 6.54. The summed E-state index contributed by atoms with van der Waals surface area (Å²) < 4.78 is 1.76. The van der Waals surface area contributed by atoms with Crippen molar-refractivity contribution in [3.63, 3.8) is 0 Å². The molecule has 0 amide bonds. The monoisotopic (exact) mass is 249 g/mol. The van der Waals surface area contributed by atoms with Crippen molar-refractivity contribution in [2.24, 2.45) is 18.9 Å². The highest BCUT2D eigenvalue weighted by atomic mass is 16.1. The molecule has 0 saturated heterocycles. The zero-order valence-corrected chi connectivity index (χ0v) is 12.0. The summed E-state index contributed by atoms with van der Waals surface area (Å²) in [7, 11) is 1.82. The molecule has 0 radical (unpaired) electrons. The van der Waals surface area contributed by atoms with Crippen LogP contribution in [0.25, 0.3) is 0 Å². The van der Waals surface area contributed by atoms with E-state index in [0.29, 0.717) is 35.9 Å². The van der Waals surface area contributed by atoms with Crippen molar-refractivity contribution >= 4 is 11.6 Å². The fourth-order valence-corrected chi connectivity index (χ4v) is 1.96. The Morgan fingerprint density at radius 3 is 2.06 bits per heavy atom. The zero-order valence-electron chi connectivity index (χ0n) is 12.0. The Morgan fingerprint density at radius 1 is 1.06 bits per heavy atom. The van der Waals surface area contributed by atoms with E-state index in [0.717, 1.165) is 0 Å². The van der Waals surface area contributed by atoms with Gasteiger partial charge in [0.05, 0.1) is 5.69 Å². The van der Waals surface area contributed by atoms with Crippen LogP contribution in [0.3, 0.4) is 0 Å². The lowest BCUT2D eigenvalue weighted by atomic mass is 10.0. The Kier molecular flexibility index (Phi) is 4.88. The van der Waals surface area contributed by atoms with Crippen LogP contribution in [0.15, 0.2) is 12.3 Å². The Labute approximate surface area is 109 Å². The molecule has 0 bridgehead atoms. The standard InChI is InChI=1S/C15H23NO2/c1-10(2)6-14(17)12-8-13(16(5)9-12)15(18)7-11(3)4/h8-11H,6-7H2,1-5H3. The van der Waals surface area contributed by atoms with Gasteiger partial charge in [-0.05, 0) is 17.9 Å². The summed E-state index contributed by atoms with van der Waals surface area (Å²) in [5, 5.41) is 0. The molecule has 0 aromatic carbocycles. The van der Waals surface area contributed by atoms with Gasteiger partial charge in [0.15, 0.2) is 11.6 Å². The largest absolute Gasteiger partial charge is 0.347 e. The number of aromatic nitrogens is 1. The highest BCUT2D eigenvalue weighted by Crippen LogP contribution is 2.16. The molecule has 0 spiro atoms. The number of hydrogen-bond donors (Lipinski definition) is 0. The van der Waals surface area contributed by atoms with Gasteiger partial charge in [0.2, 0.25) is 0 Å². The third-order valence-electron chi connectivity index (χ3n) is 2.80. The molecule has 1 aromatic rings. The van der Waals surface area contributed by atoms with Gasteiger partial charge in [-0.15, -0.1) is 0 Å². The molecule has 1 aromatic heterocycles. The molecule has 0 aliphatic rings. The minimum absolute atomic E-state index is 0.107. The second kappa shape index (κ2) is 5.98. The van der Waals surface area contributed by atoms with E-state index >= 15 is 0 Å². The number of carbonyl (C=O) groups excluding carboxylic acids is 2. The van der Waals surface area contributed by atoms with E-state index in [1.165, 1.54) is 0 Å². The Hall–Kier alpha value is -1.38. The van der Waals surface area contributed by atoms with Crippen LogP contribution in [0.4, 0.5) is 0 Å². The number of ketones is 2. The van der Waals surface area contributed by atoms with Crippen LogP contribution in [0, 0.1) is 11.8 Å². The van der Waals surface area contributed by atoms with Crippen molar-refractivity contribution in [3.05, 3.63) is 23.5 Å². The van der Waals surface area contributed by atoms with E-state index in [9.17, 15) is 9.59 Å². The molecule has 0 aliphatic heterocycles. The molecule has 3 nitrogen and oxygen atoms in total. The molecule has 3 heteroatoms. The summed E-state index contributed by atoms with van der Waals surface area (Å²) in [6.07, 6.45) is 2.82. The van der Waals surface area contributed by atoms with Crippen LogP contribution in [-0.4, -0.2) is 16.1 Å². The fraction of sp³-hybridized carbons (Fsp3) is 0.600. The highest BCUT2D eigenvalue weighted by Gasteiger charge is 2.17. The molecule has 1 heterocycles. The summed E-state index contributed by atoms with van der Waals surface area (Å²) in [4.78, 5) is 23.9. The van der Waals surface area contributed by atoms with Gasteiger partial charge in [-0.1, -0.05) is 27.7 Å². The third-order valence-corrected chi connectivity index (χ3v) is 2.80. The molecule has 0 unspecified atom stereocenters. The number of aryl methyl sites for hydroxylation is 1. The quantitative estimate of drug-likeness (QED) is 0.724. The molecule has 0 saturated carbocycles. The Morgan fingerprint density at radius 2 is 1.56 bits per heavy atom. The van der Waals surface area contributed by atoms with E-state index in [-0.39, 0.29) is 11.6 Å². The molecule has 100 valence electrons. The summed E-state index contributed by atoms with van der Waals surface area (Å²) in [5.41, 5.74) is 1.29. The van der Waals surface area contributed by atoms with E-state index in [1.807, 2.05) is 34.7 Å². The van der Waals surface area contributed by atoms with Gasteiger partial charge in [-0.3, -0.25) is 9.59 Å². The number of carbonyl (C=O) groups is 2. The SMILES string of the molecule is CC(C)CC(=O)c1cc(C(=O)CC(C)C)n(C)c1. The maximum atomic E-state index is 12.0. The Balaban J connectivity index is 2.88. The van der Waals surface area contributed by atoms with Crippen molar-refractivity contribution in [2.45, 2.75) is 40.5 Å². The van der Waals surface area contributed by atoms with Gasteiger partial charge in [-0.2, -0.15) is 0 Å². The van der Waals surface area contributed by atoms with Crippen LogP contribution in [0.5, 0.6) is 0 Å². The lowest BCUT2D eigenvalue weighted by molar-refractivity contribution is 0.0957. The van der Waals surface area contributed by atoms with Crippen LogP contribution in [0.2, 0.25) is 0 Å². The first kappa shape index (κ1) is 14.7. The topological polar surface area (TPSA) is 39.1 Å². The predicted molar refractivity (Wildman–Crippen MR) is 73.0 cm³/mol. The van der Waals surface area contributed by atoms with E-state index in [4.69, 9.17) is 0 Å². The molecule has 0 atom stereocenters. The summed E-state index contributed by atoms with van der Waals surface area (Å²) in [6.45, 7) is 8.08. The maximum Gasteiger partial charge on any atom is 0.179 e. The van der Waals surface area contributed by atoms with Gasteiger partial charge in [0, 0.05) is 31.6 Å². The molecule has 0 fully saturated rings. The molecule has 18 heavy (non-hydrogen) atoms. The van der Waals surface area contributed by atoms with Crippen LogP contribution >= 0.6 is 0 Å². The molecule has 0 aliphatic carbocycles. The van der Waals surface area contributed by atoms with E-state index < -0.39 is 0 Å². The average Bonchev–Trinajstić information content (AvgIpc) is 2.58. The number of Topliss-reactive ketones (excluding diaryl/α,β-unsaturated/α-hetero) is 2. The van der Waals surface area contributed by atoms with Crippen LogP contribution in [-0.2, 0) is 7.05 Å². The zero-order chi connectivity index (χ0) is 13.9. The van der Waals surface area contributed by atoms with Crippen molar-refractivity contribution < 1.29 is 9.59 Å². The summed E-state index contributed by atoms with van der Waals surface area (Å²) >= 11 is 0. The van der Waals surface area contributed by atoms with Crippen LogP contribution < -0.4 is 0 Å². The molecule has 0 N–H and O–H groups in total. The van der Waals surface area contributed by atoms with Gasteiger partial charge < -0.3 is 4.57 Å². The van der Waals surface area contributed by atoms with Gasteiger partial charge in [0.1, 0.15) is 0 Å². The molecular formula is C15H23NO2. The summed E-state index contributed by atoms with van der Waals surface area (Å²) in [5.74, 6) is 0.898. The van der Waals surface area contributed by atoms with E-state index in [2.05, 4.69) is 0 Å². The smallest absolute Gasteiger partial charge is 0.179 e. The van der Waals surface area contributed by atoms with E-state index in [1.54, 1.807) is 16.8 Å². The summed E-state index contributed by atoms with van der Waals surface area (Å²) in [6, 6.07) is 1.73. The van der Waals surface area contributed by atoms with Crippen LogP contribution in [0.1, 0.15) is 61.4 Å². The highest BCUT2D eigenvalue weighted by molar-refractivity contribution is 6.01. The first-order chi connectivity index (χ1) is 8.31. The minimum atomic E-state index is 0.107. The van der Waals surface area contributed by atoms with Crippen molar-refractivity contribution in [1.82, 2.24) is 4.57 Å². The van der Waals surface area contributed by atoms with Gasteiger partial charge >= 0.3 is 0 Å². The molecular weight excluding hydrogens is 226 g/mol. The number of nitrogens with zero attached hydrogens (tertiary/aromatic N) is 1. The lowest BCUT2D eigenvalue weighted by Gasteiger charge is -2.04. The molecule has 1 rings (SSSR count). The van der Waals surface area contributed by atoms with Crippen molar-refractivity contribution in [3.8, 4) is 0 Å². The maximum absolute atomic E-state index is 12.0. The first-order valence-electron chi connectivity index (χ1n) is 6.54. The van der Waals surface area contributed by atoms with Crippen molar-refractivity contribution in [1.29, 1.82) is 0 Å². The second-order valence-corrected chi connectivity index (χ2v) is 5.77. The number of rotatable bonds is 6. The predicted octanol–water partition coefficient (Wildman–Crippen LogP) is 3.48. The van der Waals surface area contributed by atoms with Gasteiger partial charge in [-0.25, -0.2) is 0 Å². The second-order valence-electron chi connectivity index (χ2n) is 5.77.